The second-order valence-electron chi connectivity index (χ2n) is 4.14. The molecule has 0 saturated heterocycles. The second-order valence-corrected chi connectivity index (χ2v) is 4.14. The number of carbonyl (C=O) groups is 1. The lowest BCUT2D eigenvalue weighted by atomic mass is 10.3. The first-order valence-electron chi connectivity index (χ1n) is 5.69. The van der Waals surface area contributed by atoms with Gasteiger partial charge in [0.2, 0.25) is 0 Å². The van der Waals surface area contributed by atoms with E-state index in [1.807, 2.05) is 0 Å². The first-order valence-corrected chi connectivity index (χ1v) is 5.69. The predicted octanol–water partition coefficient (Wildman–Crippen LogP) is 1.57. The fourth-order valence-corrected chi connectivity index (χ4v) is 1.48. The van der Waals surface area contributed by atoms with Crippen LogP contribution >= 0.6 is 0 Å². The van der Waals surface area contributed by atoms with Gasteiger partial charge in [-0.1, -0.05) is 0 Å². The highest BCUT2D eigenvalue weighted by Crippen LogP contribution is 2.19. The van der Waals surface area contributed by atoms with Gasteiger partial charge >= 0.3 is 6.03 Å². The fourth-order valence-electron chi connectivity index (χ4n) is 1.48. The fraction of sp³-hybridized carbons (Fsp3) is 0.417. The standard InChI is InChI=1S/C12H15F3N2O3/c1-17(5-7(18)6-20-2)12(19)16-9-4-3-8(13)10(14)11(9)15/h3-4,7,18H,5-6H2,1-2H3,(H,16,19). The van der Waals surface area contributed by atoms with Gasteiger partial charge in [-0.25, -0.2) is 18.0 Å². The summed E-state index contributed by atoms with van der Waals surface area (Å²) >= 11 is 0. The monoisotopic (exact) mass is 292 g/mol. The summed E-state index contributed by atoms with van der Waals surface area (Å²) in [7, 11) is 2.74. The molecule has 0 spiro atoms. The van der Waals surface area contributed by atoms with Crippen LogP contribution < -0.4 is 5.32 Å². The molecule has 1 unspecified atom stereocenters. The van der Waals surface area contributed by atoms with Crippen LogP contribution in [0.4, 0.5) is 23.7 Å². The number of methoxy groups -OCH3 is 1. The van der Waals surface area contributed by atoms with E-state index in [1.54, 1.807) is 0 Å². The van der Waals surface area contributed by atoms with E-state index in [-0.39, 0.29) is 13.2 Å². The van der Waals surface area contributed by atoms with Crippen molar-refractivity contribution < 1.29 is 27.8 Å². The molecule has 0 aliphatic rings. The van der Waals surface area contributed by atoms with Gasteiger partial charge in [-0.2, -0.15) is 0 Å². The van der Waals surface area contributed by atoms with Gasteiger partial charge in [0, 0.05) is 14.2 Å². The van der Waals surface area contributed by atoms with E-state index in [1.165, 1.54) is 14.2 Å². The van der Waals surface area contributed by atoms with Gasteiger partial charge in [0.15, 0.2) is 17.5 Å². The maximum atomic E-state index is 13.4. The van der Waals surface area contributed by atoms with Crippen LogP contribution in [-0.4, -0.2) is 49.5 Å². The van der Waals surface area contributed by atoms with E-state index < -0.39 is 35.3 Å². The molecule has 1 atom stereocenters. The number of urea groups is 1. The highest BCUT2D eigenvalue weighted by Gasteiger charge is 2.18. The van der Waals surface area contributed by atoms with Gasteiger partial charge in [0.1, 0.15) is 0 Å². The van der Waals surface area contributed by atoms with Gasteiger partial charge < -0.3 is 20.1 Å². The van der Waals surface area contributed by atoms with E-state index in [9.17, 15) is 23.1 Å². The molecule has 0 heterocycles. The summed E-state index contributed by atoms with van der Waals surface area (Å²) in [5.41, 5.74) is -0.484. The minimum absolute atomic E-state index is 0.0250. The van der Waals surface area contributed by atoms with Crippen LogP contribution in [0.3, 0.4) is 0 Å². The Labute approximate surface area is 113 Å². The number of amides is 2. The number of hydrogen-bond acceptors (Lipinski definition) is 3. The molecule has 2 N–H and O–H groups in total. The number of anilines is 1. The number of carbonyl (C=O) groups excluding carboxylic acids is 1. The first-order chi connectivity index (χ1) is 9.36. The Morgan fingerprint density at radius 3 is 2.65 bits per heavy atom. The number of nitrogens with one attached hydrogen (secondary N) is 1. The summed E-state index contributed by atoms with van der Waals surface area (Å²) in [5.74, 6) is -4.49. The van der Waals surface area contributed by atoms with Crippen LogP contribution in [0.1, 0.15) is 0 Å². The number of halogens is 3. The highest BCUT2D eigenvalue weighted by molar-refractivity contribution is 5.89. The minimum atomic E-state index is -1.66. The number of aliphatic hydroxyl groups excluding tert-OH is 1. The molecule has 5 nitrogen and oxygen atoms in total. The molecule has 0 saturated carbocycles. The van der Waals surface area contributed by atoms with Crippen LogP contribution in [0.2, 0.25) is 0 Å². The number of benzene rings is 1. The van der Waals surface area contributed by atoms with Crippen molar-refractivity contribution in [2.75, 3.05) is 32.6 Å². The molecule has 1 aromatic carbocycles. The Morgan fingerprint density at radius 2 is 2.05 bits per heavy atom. The minimum Gasteiger partial charge on any atom is -0.389 e. The summed E-state index contributed by atoms with van der Waals surface area (Å²) in [4.78, 5) is 12.7. The normalized spacial score (nSPS) is 12.1. The van der Waals surface area contributed by atoms with Gasteiger partial charge in [-0.3, -0.25) is 0 Å². The maximum absolute atomic E-state index is 13.4. The quantitative estimate of drug-likeness (QED) is 0.810. The topological polar surface area (TPSA) is 61.8 Å². The molecule has 1 aromatic rings. The van der Waals surface area contributed by atoms with Gasteiger partial charge in [-0.05, 0) is 12.1 Å². The summed E-state index contributed by atoms with van der Waals surface area (Å²) in [5, 5.41) is 11.5. The molecule has 0 aliphatic heterocycles. The molecule has 112 valence electrons. The Bertz CT molecular complexity index is 485. The lowest BCUT2D eigenvalue weighted by molar-refractivity contribution is 0.0501. The summed E-state index contributed by atoms with van der Waals surface area (Å²) in [6, 6.07) is 0.837. The Kier molecular flexibility index (Phi) is 5.78. The molecule has 0 radical (unpaired) electrons. The van der Waals surface area contributed by atoms with Crippen LogP contribution in [0.25, 0.3) is 0 Å². The van der Waals surface area contributed by atoms with Crippen molar-refractivity contribution in [3.63, 3.8) is 0 Å². The number of aliphatic hydroxyl groups is 1. The highest BCUT2D eigenvalue weighted by atomic mass is 19.2. The Hall–Kier alpha value is -1.80. The van der Waals surface area contributed by atoms with Crippen molar-refractivity contribution in [2.45, 2.75) is 6.10 Å². The van der Waals surface area contributed by atoms with E-state index in [4.69, 9.17) is 4.74 Å². The zero-order chi connectivity index (χ0) is 15.3. The number of ether oxygens (including phenoxy) is 1. The number of nitrogens with zero attached hydrogens (tertiary/aromatic N) is 1. The van der Waals surface area contributed by atoms with E-state index >= 15 is 0 Å². The lowest BCUT2D eigenvalue weighted by Gasteiger charge is -2.21. The number of likely N-dealkylation sites (N-methyl/N-ethyl adjacent to an activating group) is 1. The molecule has 2 amide bonds. The van der Waals surface area contributed by atoms with Crippen molar-refractivity contribution in [1.29, 1.82) is 0 Å². The third-order valence-electron chi connectivity index (χ3n) is 2.47. The molecule has 1 rings (SSSR count). The molecule has 0 aromatic heterocycles. The largest absolute Gasteiger partial charge is 0.389 e. The van der Waals surface area contributed by atoms with Crippen LogP contribution in [0.15, 0.2) is 12.1 Å². The second kappa shape index (κ2) is 7.11. The van der Waals surface area contributed by atoms with E-state index in [0.717, 1.165) is 11.0 Å². The van der Waals surface area contributed by atoms with Crippen molar-refractivity contribution in [3.05, 3.63) is 29.6 Å². The first kappa shape index (κ1) is 16.3. The molecule has 0 aliphatic carbocycles. The molecule has 20 heavy (non-hydrogen) atoms. The third kappa shape index (κ3) is 4.10. The van der Waals surface area contributed by atoms with Gasteiger partial charge in [0.05, 0.1) is 24.9 Å². The average molecular weight is 292 g/mol. The zero-order valence-electron chi connectivity index (χ0n) is 11.0. The zero-order valence-corrected chi connectivity index (χ0v) is 11.0. The summed E-state index contributed by atoms with van der Waals surface area (Å²) < 4.78 is 43.8. The van der Waals surface area contributed by atoms with Crippen LogP contribution in [0.5, 0.6) is 0 Å². The SMILES string of the molecule is COCC(O)CN(C)C(=O)Nc1ccc(F)c(F)c1F. The number of hydrogen-bond donors (Lipinski definition) is 2. The smallest absolute Gasteiger partial charge is 0.321 e. The van der Waals surface area contributed by atoms with Crippen molar-refractivity contribution in [1.82, 2.24) is 4.90 Å². The van der Waals surface area contributed by atoms with Crippen LogP contribution in [-0.2, 0) is 4.74 Å². The van der Waals surface area contributed by atoms with Crippen molar-refractivity contribution >= 4 is 11.7 Å². The third-order valence-corrected chi connectivity index (χ3v) is 2.47. The van der Waals surface area contributed by atoms with E-state index in [0.29, 0.717) is 6.07 Å². The van der Waals surface area contributed by atoms with Gasteiger partial charge in [-0.15, -0.1) is 0 Å². The Morgan fingerprint density at radius 1 is 1.40 bits per heavy atom. The summed E-state index contributed by atoms with van der Waals surface area (Å²) in [6.45, 7) is -0.0396. The molecular formula is C12H15F3N2O3. The predicted molar refractivity (Wildman–Crippen MR) is 65.8 cm³/mol. The molecule has 0 bridgehead atoms. The lowest BCUT2D eigenvalue weighted by Crippen LogP contribution is -2.38. The van der Waals surface area contributed by atoms with Gasteiger partial charge in [0.25, 0.3) is 0 Å². The van der Waals surface area contributed by atoms with Crippen LogP contribution in [0, 0.1) is 17.5 Å². The molecular weight excluding hydrogens is 277 g/mol. The Balaban J connectivity index is 2.69. The average Bonchev–Trinajstić information content (AvgIpc) is 2.39. The molecule has 8 heteroatoms. The number of rotatable bonds is 5. The van der Waals surface area contributed by atoms with Crippen molar-refractivity contribution in [2.24, 2.45) is 0 Å². The molecule has 0 fully saturated rings. The van der Waals surface area contributed by atoms with Crippen molar-refractivity contribution in [3.8, 4) is 0 Å². The summed E-state index contributed by atoms with van der Waals surface area (Å²) in [6.07, 6.45) is -0.912. The van der Waals surface area contributed by atoms with E-state index in [2.05, 4.69) is 5.32 Å². The maximum Gasteiger partial charge on any atom is 0.321 e.